The Morgan fingerprint density at radius 2 is 2.00 bits per heavy atom. The number of halogens is 1. The molecule has 2 aromatic heterocycles. The molecule has 0 unspecified atom stereocenters. The van der Waals surface area contributed by atoms with E-state index < -0.39 is 16.1 Å². The van der Waals surface area contributed by atoms with E-state index in [1.165, 1.54) is 18.2 Å². The molecular weight excluding hydrogens is 502 g/mol. The van der Waals surface area contributed by atoms with E-state index in [1.807, 2.05) is 0 Å². The van der Waals surface area contributed by atoms with Gasteiger partial charge in [-0.2, -0.15) is 8.42 Å². The van der Waals surface area contributed by atoms with Crippen LogP contribution in [0.3, 0.4) is 0 Å². The van der Waals surface area contributed by atoms with Crippen LogP contribution in [-0.4, -0.2) is 32.3 Å². The standard InChI is InChI=1S/C18H14BrNO6S3/c1-3-25-18(22)16-10(2)20-17(28-16)11-4-5-13(12(8-11)9-21)26-29(23,24)15-7-6-14(19)27-15/h4-9H,3H2,1-2H3. The number of aryl methyl sites for hydroxylation is 1. The molecule has 0 aliphatic rings. The lowest BCUT2D eigenvalue weighted by Gasteiger charge is -2.08. The second-order valence-electron chi connectivity index (χ2n) is 5.62. The summed E-state index contributed by atoms with van der Waals surface area (Å²) in [6.07, 6.45) is 0.505. The maximum atomic E-state index is 12.4. The van der Waals surface area contributed by atoms with E-state index >= 15 is 0 Å². The van der Waals surface area contributed by atoms with Crippen LogP contribution >= 0.6 is 38.6 Å². The van der Waals surface area contributed by atoms with E-state index in [4.69, 9.17) is 8.92 Å². The summed E-state index contributed by atoms with van der Waals surface area (Å²) in [5, 5.41) is 0.505. The molecule has 3 aromatic rings. The summed E-state index contributed by atoms with van der Waals surface area (Å²) in [4.78, 5) is 28.2. The fourth-order valence-electron chi connectivity index (χ4n) is 2.35. The first-order valence-corrected chi connectivity index (χ1v) is 12.0. The summed E-state index contributed by atoms with van der Waals surface area (Å²) in [5.41, 5.74) is 1.12. The lowest BCUT2D eigenvalue weighted by Crippen LogP contribution is -2.09. The van der Waals surface area contributed by atoms with Crippen LogP contribution in [0.15, 0.2) is 38.3 Å². The highest BCUT2D eigenvalue weighted by Gasteiger charge is 2.22. The summed E-state index contributed by atoms with van der Waals surface area (Å²) in [6.45, 7) is 3.66. The number of ether oxygens (including phenoxy) is 1. The molecule has 2 heterocycles. The van der Waals surface area contributed by atoms with Crippen molar-refractivity contribution in [3.63, 3.8) is 0 Å². The van der Waals surface area contributed by atoms with Crippen molar-refractivity contribution < 1.29 is 26.9 Å². The van der Waals surface area contributed by atoms with E-state index in [-0.39, 0.29) is 22.1 Å². The number of benzene rings is 1. The number of aldehydes is 1. The smallest absolute Gasteiger partial charge is 0.350 e. The molecule has 11 heteroatoms. The Morgan fingerprint density at radius 1 is 1.24 bits per heavy atom. The summed E-state index contributed by atoms with van der Waals surface area (Å²) in [6, 6.07) is 7.44. The van der Waals surface area contributed by atoms with Crippen LogP contribution in [0.2, 0.25) is 0 Å². The molecule has 1 aromatic carbocycles. The number of aromatic nitrogens is 1. The molecule has 0 fully saturated rings. The van der Waals surface area contributed by atoms with Gasteiger partial charge in [-0.15, -0.1) is 22.7 Å². The third-order valence-corrected chi connectivity index (χ3v) is 8.13. The Labute approximate surface area is 183 Å². The average molecular weight is 516 g/mol. The average Bonchev–Trinajstić information content (AvgIpc) is 3.28. The van der Waals surface area contributed by atoms with Crippen LogP contribution in [0.4, 0.5) is 0 Å². The summed E-state index contributed by atoms with van der Waals surface area (Å²) >= 11 is 5.34. The number of thiophene rings is 1. The number of nitrogens with zero attached hydrogens (tertiary/aromatic N) is 1. The molecule has 0 bridgehead atoms. The van der Waals surface area contributed by atoms with E-state index in [0.717, 1.165) is 22.7 Å². The van der Waals surface area contributed by atoms with Crippen molar-refractivity contribution in [2.24, 2.45) is 0 Å². The first-order chi connectivity index (χ1) is 13.7. The zero-order valence-corrected chi connectivity index (χ0v) is 19.2. The second-order valence-corrected chi connectivity index (χ2v) is 10.9. The molecule has 0 saturated carbocycles. The minimum atomic E-state index is -4.07. The van der Waals surface area contributed by atoms with Gasteiger partial charge in [0.25, 0.3) is 0 Å². The lowest BCUT2D eigenvalue weighted by atomic mass is 10.1. The van der Waals surface area contributed by atoms with Crippen molar-refractivity contribution >= 4 is 61.0 Å². The fraction of sp³-hybridized carbons (Fsp3) is 0.167. The molecule has 29 heavy (non-hydrogen) atoms. The predicted molar refractivity (Wildman–Crippen MR) is 113 cm³/mol. The van der Waals surface area contributed by atoms with Crippen LogP contribution in [-0.2, 0) is 14.9 Å². The van der Waals surface area contributed by atoms with Gasteiger partial charge in [-0.1, -0.05) is 0 Å². The second kappa shape index (κ2) is 8.74. The van der Waals surface area contributed by atoms with Gasteiger partial charge in [0.2, 0.25) is 0 Å². The third kappa shape index (κ3) is 4.74. The summed E-state index contributed by atoms with van der Waals surface area (Å²) < 4.78 is 35.6. The number of rotatable bonds is 7. The van der Waals surface area contributed by atoms with Crippen LogP contribution in [0.1, 0.15) is 32.6 Å². The van der Waals surface area contributed by atoms with Gasteiger partial charge < -0.3 is 8.92 Å². The number of thiazole rings is 1. The van der Waals surface area contributed by atoms with Gasteiger partial charge in [-0.3, -0.25) is 4.79 Å². The number of hydrogen-bond donors (Lipinski definition) is 0. The third-order valence-electron chi connectivity index (χ3n) is 3.64. The maximum absolute atomic E-state index is 12.4. The van der Waals surface area contributed by atoms with Crippen molar-refractivity contribution in [2.45, 2.75) is 18.1 Å². The fourth-order valence-corrected chi connectivity index (χ4v) is 6.23. The lowest BCUT2D eigenvalue weighted by molar-refractivity contribution is 0.0531. The molecule has 7 nitrogen and oxygen atoms in total. The van der Waals surface area contributed by atoms with Crippen LogP contribution < -0.4 is 4.18 Å². The number of esters is 1. The number of hydrogen-bond acceptors (Lipinski definition) is 9. The molecule has 0 N–H and O–H groups in total. The summed E-state index contributed by atoms with van der Waals surface area (Å²) in [5.74, 6) is -0.551. The molecular formula is C18H14BrNO6S3. The van der Waals surface area contributed by atoms with E-state index in [1.54, 1.807) is 26.0 Å². The minimum Gasteiger partial charge on any atom is -0.462 e. The predicted octanol–water partition coefficient (Wildman–Crippen LogP) is 4.70. The van der Waals surface area contributed by atoms with Crippen LogP contribution in [0, 0.1) is 6.92 Å². The Balaban J connectivity index is 1.93. The van der Waals surface area contributed by atoms with E-state index in [2.05, 4.69) is 20.9 Å². The van der Waals surface area contributed by atoms with Crippen molar-refractivity contribution in [1.29, 1.82) is 0 Å². The zero-order valence-electron chi connectivity index (χ0n) is 15.2. The van der Waals surface area contributed by atoms with E-state index in [9.17, 15) is 18.0 Å². The Morgan fingerprint density at radius 3 is 2.62 bits per heavy atom. The van der Waals surface area contributed by atoms with Crippen molar-refractivity contribution in [3.8, 4) is 16.3 Å². The summed E-state index contributed by atoms with van der Waals surface area (Å²) in [7, 11) is -4.07. The maximum Gasteiger partial charge on any atom is 0.350 e. The quantitative estimate of drug-likeness (QED) is 0.255. The first kappa shape index (κ1) is 21.6. The van der Waals surface area contributed by atoms with Gasteiger partial charge in [0, 0.05) is 5.56 Å². The normalized spacial score (nSPS) is 11.3. The molecule has 0 aliphatic carbocycles. The topological polar surface area (TPSA) is 99.6 Å². The van der Waals surface area contributed by atoms with Gasteiger partial charge in [0.1, 0.15) is 9.88 Å². The van der Waals surface area contributed by atoms with E-state index in [0.29, 0.717) is 31.2 Å². The van der Waals surface area contributed by atoms with Crippen molar-refractivity contribution in [3.05, 3.63) is 50.3 Å². The highest BCUT2D eigenvalue weighted by atomic mass is 79.9. The minimum absolute atomic E-state index is 0.0138. The van der Waals surface area contributed by atoms with Crippen molar-refractivity contribution in [1.82, 2.24) is 4.98 Å². The largest absolute Gasteiger partial charge is 0.462 e. The Hall–Kier alpha value is -2.08. The van der Waals surface area contributed by atoms with Crippen LogP contribution in [0.25, 0.3) is 10.6 Å². The molecule has 0 radical (unpaired) electrons. The Bertz CT molecular complexity index is 1180. The van der Waals surface area contributed by atoms with Gasteiger partial charge in [0.15, 0.2) is 16.2 Å². The Kier molecular flexibility index (Phi) is 6.52. The zero-order chi connectivity index (χ0) is 21.2. The molecule has 152 valence electrons. The molecule has 0 amide bonds. The molecule has 0 saturated heterocycles. The molecule has 0 spiro atoms. The first-order valence-electron chi connectivity index (χ1n) is 8.19. The van der Waals surface area contributed by atoms with Gasteiger partial charge in [0.05, 0.1) is 21.7 Å². The van der Waals surface area contributed by atoms with Gasteiger partial charge >= 0.3 is 16.1 Å². The molecule has 0 atom stereocenters. The number of carbonyl (C=O) groups is 2. The molecule has 0 aliphatic heterocycles. The van der Waals surface area contributed by atoms with Gasteiger partial charge in [-0.25, -0.2) is 9.78 Å². The van der Waals surface area contributed by atoms with Gasteiger partial charge in [-0.05, 0) is 60.1 Å². The molecule has 3 rings (SSSR count). The monoisotopic (exact) mass is 515 g/mol. The highest BCUT2D eigenvalue weighted by Crippen LogP contribution is 2.33. The van der Waals surface area contributed by atoms with Crippen LogP contribution in [0.5, 0.6) is 5.75 Å². The van der Waals surface area contributed by atoms with Crippen molar-refractivity contribution in [2.75, 3.05) is 6.61 Å². The highest BCUT2D eigenvalue weighted by molar-refractivity contribution is 9.11. The SMILES string of the molecule is CCOC(=O)c1sc(-c2ccc(OS(=O)(=O)c3ccc(Br)s3)c(C=O)c2)nc1C. The number of carbonyl (C=O) groups excluding carboxylic acids is 2.